The first-order valence-corrected chi connectivity index (χ1v) is 7.95. The Hall–Kier alpha value is -3.20. The number of aromatic nitrogens is 1. The summed E-state index contributed by atoms with van der Waals surface area (Å²) in [4.78, 5) is 10.7. The smallest absolute Gasteiger partial charge is 0.0499 e. The van der Waals surface area contributed by atoms with Crippen molar-refractivity contribution in [3.8, 4) is 11.1 Å². The van der Waals surface area contributed by atoms with Gasteiger partial charge in [0.05, 0.1) is 0 Å². The predicted octanol–water partition coefficient (Wildman–Crippen LogP) is 4.66. The molecule has 3 nitrogen and oxygen atoms in total. The van der Waals surface area contributed by atoms with E-state index < -0.39 is 0 Å². The number of rotatable bonds is 3. The lowest BCUT2D eigenvalue weighted by molar-refractivity contribution is 0.966. The van der Waals surface area contributed by atoms with Gasteiger partial charge < -0.3 is 4.90 Å². The first kappa shape index (κ1) is 14.4. The molecule has 0 unspecified atom stereocenters. The second-order valence-corrected chi connectivity index (χ2v) is 5.70. The zero-order valence-electron chi connectivity index (χ0n) is 13.2. The molecule has 1 aliphatic rings. The maximum atomic E-state index is 4.38. The van der Waals surface area contributed by atoms with Crippen molar-refractivity contribution in [1.82, 2.24) is 4.98 Å². The maximum Gasteiger partial charge on any atom is 0.0499 e. The van der Waals surface area contributed by atoms with Gasteiger partial charge in [-0.2, -0.15) is 0 Å². The van der Waals surface area contributed by atoms with Crippen LogP contribution in [-0.4, -0.2) is 11.2 Å². The van der Waals surface area contributed by atoms with Crippen LogP contribution in [0.15, 0.2) is 90.4 Å². The van der Waals surface area contributed by atoms with Gasteiger partial charge in [-0.25, -0.2) is 0 Å². The average molecular weight is 311 g/mol. The minimum Gasteiger partial charge on any atom is -0.341 e. The second kappa shape index (κ2) is 6.50. The molecule has 0 aliphatic carbocycles. The molecular formula is C21H17N3. The molecule has 116 valence electrons. The van der Waals surface area contributed by atoms with E-state index in [0.717, 1.165) is 23.4 Å². The van der Waals surface area contributed by atoms with Crippen LogP contribution in [0.2, 0.25) is 0 Å². The first-order valence-electron chi connectivity index (χ1n) is 7.95. The highest BCUT2D eigenvalue weighted by atomic mass is 15.1. The van der Waals surface area contributed by atoms with Crippen LogP contribution in [0.4, 0.5) is 5.69 Å². The van der Waals surface area contributed by atoms with Crippen LogP contribution in [0.1, 0.15) is 11.1 Å². The molecule has 0 spiro atoms. The fourth-order valence-corrected chi connectivity index (χ4v) is 2.88. The van der Waals surface area contributed by atoms with Crippen molar-refractivity contribution in [2.24, 2.45) is 4.99 Å². The van der Waals surface area contributed by atoms with Gasteiger partial charge in [0.25, 0.3) is 0 Å². The molecule has 0 saturated carbocycles. The normalized spacial score (nSPS) is 12.8. The molecule has 0 amide bonds. The van der Waals surface area contributed by atoms with Crippen molar-refractivity contribution < 1.29 is 0 Å². The molecule has 2 aromatic carbocycles. The number of benzene rings is 2. The molecule has 0 saturated heterocycles. The lowest BCUT2D eigenvalue weighted by atomic mass is 10.0. The van der Waals surface area contributed by atoms with Crippen LogP contribution in [0.3, 0.4) is 0 Å². The van der Waals surface area contributed by atoms with Gasteiger partial charge in [0, 0.05) is 48.8 Å². The average Bonchev–Trinajstić information content (AvgIpc) is 2.85. The number of aliphatic imine (C=N–C) groups is 1. The molecule has 1 aromatic heterocycles. The second-order valence-electron chi connectivity index (χ2n) is 5.70. The van der Waals surface area contributed by atoms with Crippen LogP contribution in [0, 0.1) is 0 Å². The van der Waals surface area contributed by atoms with E-state index >= 15 is 0 Å². The van der Waals surface area contributed by atoms with Crippen molar-refractivity contribution in [2.75, 3.05) is 4.90 Å². The summed E-state index contributed by atoms with van der Waals surface area (Å²) < 4.78 is 0. The number of pyridine rings is 1. The van der Waals surface area contributed by atoms with E-state index in [9.17, 15) is 0 Å². The van der Waals surface area contributed by atoms with Gasteiger partial charge in [0.2, 0.25) is 0 Å². The summed E-state index contributed by atoms with van der Waals surface area (Å²) >= 11 is 0. The molecule has 2 heterocycles. The van der Waals surface area contributed by atoms with Crippen LogP contribution in [-0.2, 0) is 6.54 Å². The Morgan fingerprint density at radius 2 is 1.67 bits per heavy atom. The van der Waals surface area contributed by atoms with Gasteiger partial charge in [0.15, 0.2) is 0 Å². The lowest BCUT2D eigenvalue weighted by Gasteiger charge is -2.22. The summed E-state index contributed by atoms with van der Waals surface area (Å²) in [5.74, 6) is 0. The monoisotopic (exact) mass is 311 g/mol. The third-order valence-corrected chi connectivity index (χ3v) is 4.09. The topological polar surface area (TPSA) is 28.5 Å². The van der Waals surface area contributed by atoms with E-state index in [-0.39, 0.29) is 0 Å². The Morgan fingerprint density at radius 1 is 0.833 bits per heavy atom. The van der Waals surface area contributed by atoms with Gasteiger partial charge in [0.1, 0.15) is 0 Å². The quantitative estimate of drug-likeness (QED) is 0.704. The standard InChI is InChI=1S/C21H17N3/c1-2-4-17(5-3-1)16-24-13-12-23-15-20-14-19(6-7-21(20)24)18-8-10-22-11-9-18/h1-15H,16H2. The number of anilines is 1. The molecule has 0 N–H and O–H groups in total. The Balaban J connectivity index is 1.70. The molecule has 0 bridgehead atoms. The van der Waals surface area contributed by atoms with Gasteiger partial charge in [-0.1, -0.05) is 36.4 Å². The maximum absolute atomic E-state index is 4.38. The van der Waals surface area contributed by atoms with Gasteiger partial charge >= 0.3 is 0 Å². The number of hydrogen-bond acceptors (Lipinski definition) is 3. The Morgan fingerprint density at radius 3 is 2.50 bits per heavy atom. The summed E-state index contributed by atoms with van der Waals surface area (Å²) in [6.07, 6.45) is 9.43. The molecule has 4 rings (SSSR count). The SMILES string of the molecule is C1=CN(Cc2ccccc2)c2ccc(-c3ccncc3)cc2C=N1. The summed E-state index contributed by atoms with van der Waals surface area (Å²) in [5.41, 5.74) is 5.88. The number of fused-ring (bicyclic) bond motifs is 1. The Bertz CT molecular complexity index is 883. The van der Waals surface area contributed by atoms with Crippen LogP contribution in [0.5, 0.6) is 0 Å². The highest BCUT2D eigenvalue weighted by Crippen LogP contribution is 2.29. The third-order valence-electron chi connectivity index (χ3n) is 4.09. The predicted molar refractivity (Wildman–Crippen MR) is 99.0 cm³/mol. The van der Waals surface area contributed by atoms with Crippen LogP contribution >= 0.6 is 0 Å². The minimum absolute atomic E-state index is 0.822. The van der Waals surface area contributed by atoms with Gasteiger partial charge in [-0.15, -0.1) is 0 Å². The summed E-state index contributed by atoms with van der Waals surface area (Å²) in [6.45, 7) is 0.822. The first-order chi connectivity index (χ1) is 11.9. The summed E-state index contributed by atoms with van der Waals surface area (Å²) in [5, 5.41) is 0. The highest BCUT2D eigenvalue weighted by Gasteiger charge is 2.12. The van der Waals surface area contributed by atoms with Gasteiger partial charge in [-0.3, -0.25) is 9.98 Å². The van der Waals surface area contributed by atoms with Crippen molar-refractivity contribution in [1.29, 1.82) is 0 Å². The van der Waals surface area contributed by atoms with E-state index in [2.05, 4.69) is 57.3 Å². The van der Waals surface area contributed by atoms with Crippen molar-refractivity contribution in [3.05, 3.63) is 96.6 Å². The Kier molecular flexibility index (Phi) is 3.90. The Labute approximate surface area is 141 Å². The zero-order chi connectivity index (χ0) is 16.2. The fraction of sp³-hybridized carbons (Fsp3) is 0.0476. The minimum atomic E-state index is 0.822. The van der Waals surface area contributed by atoms with E-state index in [0.29, 0.717) is 0 Å². The lowest BCUT2D eigenvalue weighted by Crippen LogP contribution is -2.16. The highest BCUT2D eigenvalue weighted by molar-refractivity contribution is 5.91. The van der Waals surface area contributed by atoms with E-state index in [1.807, 2.05) is 49.2 Å². The molecule has 1 aliphatic heterocycles. The molecule has 0 radical (unpaired) electrons. The number of hydrogen-bond donors (Lipinski definition) is 0. The molecule has 0 fully saturated rings. The van der Waals surface area contributed by atoms with E-state index in [4.69, 9.17) is 0 Å². The molecular weight excluding hydrogens is 294 g/mol. The van der Waals surface area contributed by atoms with Crippen molar-refractivity contribution in [2.45, 2.75) is 6.54 Å². The van der Waals surface area contributed by atoms with Crippen molar-refractivity contribution in [3.63, 3.8) is 0 Å². The third kappa shape index (κ3) is 2.97. The largest absolute Gasteiger partial charge is 0.341 e. The van der Waals surface area contributed by atoms with E-state index in [1.54, 1.807) is 0 Å². The molecule has 3 aromatic rings. The van der Waals surface area contributed by atoms with Crippen LogP contribution in [0.25, 0.3) is 11.1 Å². The van der Waals surface area contributed by atoms with Crippen LogP contribution < -0.4 is 4.90 Å². The van der Waals surface area contributed by atoms with Crippen molar-refractivity contribution >= 4 is 11.9 Å². The number of nitrogens with zero attached hydrogens (tertiary/aromatic N) is 3. The molecule has 3 heteroatoms. The fourth-order valence-electron chi connectivity index (χ4n) is 2.88. The molecule has 24 heavy (non-hydrogen) atoms. The summed E-state index contributed by atoms with van der Waals surface area (Å²) in [7, 11) is 0. The zero-order valence-corrected chi connectivity index (χ0v) is 13.2. The molecule has 0 atom stereocenters. The summed E-state index contributed by atoms with van der Waals surface area (Å²) in [6, 6.07) is 21.0. The van der Waals surface area contributed by atoms with E-state index in [1.165, 1.54) is 11.1 Å². The van der Waals surface area contributed by atoms with Gasteiger partial charge in [-0.05, 0) is 41.0 Å².